The number of aromatic nitrogens is 1. The Morgan fingerprint density at radius 2 is 1.79 bits per heavy atom. The third-order valence-electron chi connectivity index (χ3n) is 4.79. The zero-order valence-electron chi connectivity index (χ0n) is 16.7. The summed E-state index contributed by atoms with van der Waals surface area (Å²) >= 11 is 0. The van der Waals surface area contributed by atoms with Crippen LogP contribution in [0.1, 0.15) is 36.6 Å². The lowest BCUT2D eigenvalue weighted by Gasteiger charge is -2.14. The second-order valence-corrected chi connectivity index (χ2v) is 6.99. The molecule has 1 fully saturated rings. The first-order chi connectivity index (χ1) is 13.3. The van der Waals surface area contributed by atoms with Crippen LogP contribution in [0.4, 0.5) is 0 Å². The van der Waals surface area contributed by atoms with E-state index in [1.54, 1.807) is 0 Å². The summed E-state index contributed by atoms with van der Waals surface area (Å²) in [7, 11) is 0. The van der Waals surface area contributed by atoms with Crippen molar-refractivity contribution in [2.24, 2.45) is 4.99 Å². The molecule has 6 heteroatoms. The van der Waals surface area contributed by atoms with E-state index in [1.807, 2.05) is 18.3 Å². The number of guanidine groups is 1. The standard InChI is InChI=1S/C22H31N5.HI/c1-2-23-22(25-14-12-21-7-3-4-13-24-21)26-17-19-8-10-20(11-9-19)18-27-15-5-6-16-27;/h3-4,7-11,13H,2,5-6,12,14-18H2,1H3,(H2,23,25,26);1H. The zero-order chi connectivity index (χ0) is 18.7. The van der Waals surface area contributed by atoms with Gasteiger partial charge in [0.1, 0.15) is 0 Å². The molecule has 1 aliphatic rings. The second-order valence-electron chi connectivity index (χ2n) is 6.99. The number of hydrogen-bond acceptors (Lipinski definition) is 3. The topological polar surface area (TPSA) is 52.6 Å². The predicted octanol–water partition coefficient (Wildman–Crippen LogP) is 3.59. The highest BCUT2D eigenvalue weighted by atomic mass is 127. The molecule has 0 amide bonds. The molecule has 28 heavy (non-hydrogen) atoms. The largest absolute Gasteiger partial charge is 0.357 e. The van der Waals surface area contributed by atoms with Gasteiger partial charge in [0.05, 0.1) is 6.54 Å². The number of nitrogens with one attached hydrogen (secondary N) is 2. The molecule has 2 aromatic rings. The summed E-state index contributed by atoms with van der Waals surface area (Å²) < 4.78 is 0. The van der Waals surface area contributed by atoms with E-state index in [4.69, 9.17) is 4.99 Å². The normalized spacial score (nSPS) is 14.5. The van der Waals surface area contributed by atoms with Gasteiger partial charge in [0, 0.05) is 37.9 Å². The molecule has 3 rings (SSSR count). The Morgan fingerprint density at radius 3 is 2.46 bits per heavy atom. The predicted molar refractivity (Wildman–Crippen MR) is 127 cm³/mol. The number of nitrogens with zero attached hydrogens (tertiary/aromatic N) is 3. The summed E-state index contributed by atoms with van der Waals surface area (Å²) in [5, 5.41) is 6.70. The molecule has 1 saturated heterocycles. The van der Waals surface area contributed by atoms with Gasteiger partial charge in [-0.3, -0.25) is 9.88 Å². The monoisotopic (exact) mass is 493 g/mol. The zero-order valence-corrected chi connectivity index (χ0v) is 19.1. The van der Waals surface area contributed by atoms with Gasteiger partial charge >= 0.3 is 0 Å². The number of pyridine rings is 1. The molecule has 2 N–H and O–H groups in total. The molecule has 2 heterocycles. The molecule has 1 aromatic carbocycles. The molecule has 0 spiro atoms. The van der Waals surface area contributed by atoms with Gasteiger partial charge in [-0.05, 0) is 56.1 Å². The molecule has 0 radical (unpaired) electrons. The van der Waals surface area contributed by atoms with Crippen molar-refractivity contribution >= 4 is 29.9 Å². The first-order valence-electron chi connectivity index (χ1n) is 10.1. The summed E-state index contributed by atoms with van der Waals surface area (Å²) in [6.45, 7) is 7.99. The van der Waals surface area contributed by atoms with E-state index in [2.05, 4.69) is 57.8 Å². The first-order valence-corrected chi connectivity index (χ1v) is 10.1. The van der Waals surface area contributed by atoms with E-state index >= 15 is 0 Å². The van der Waals surface area contributed by atoms with Gasteiger partial charge in [-0.2, -0.15) is 0 Å². The molecule has 1 aromatic heterocycles. The molecule has 0 bridgehead atoms. The SMILES string of the molecule is CCNC(=NCc1ccc(CN2CCCC2)cc1)NCCc1ccccn1.I. The van der Waals surface area contributed by atoms with Crippen LogP contribution < -0.4 is 10.6 Å². The van der Waals surface area contributed by atoms with Gasteiger partial charge in [-0.25, -0.2) is 4.99 Å². The van der Waals surface area contributed by atoms with E-state index in [0.717, 1.165) is 37.7 Å². The molecular formula is C22H32IN5. The Balaban J connectivity index is 0.00000280. The number of rotatable bonds is 8. The first kappa shape index (κ1) is 22.6. The van der Waals surface area contributed by atoms with Crippen molar-refractivity contribution in [2.75, 3.05) is 26.2 Å². The summed E-state index contributed by atoms with van der Waals surface area (Å²) in [6.07, 6.45) is 5.40. The molecule has 1 aliphatic heterocycles. The van der Waals surface area contributed by atoms with Crippen LogP contribution in [0.2, 0.25) is 0 Å². The van der Waals surface area contributed by atoms with Crippen molar-refractivity contribution in [3.8, 4) is 0 Å². The van der Waals surface area contributed by atoms with Crippen LogP contribution in [0.15, 0.2) is 53.7 Å². The van der Waals surface area contributed by atoms with Crippen molar-refractivity contribution in [1.82, 2.24) is 20.5 Å². The smallest absolute Gasteiger partial charge is 0.191 e. The summed E-state index contributed by atoms with van der Waals surface area (Å²) in [5.41, 5.74) is 3.72. The van der Waals surface area contributed by atoms with Crippen molar-refractivity contribution in [1.29, 1.82) is 0 Å². The van der Waals surface area contributed by atoms with Crippen molar-refractivity contribution < 1.29 is 0 Å². The fourth-order valence-electron chi connectivity index (χ4n) is 3.32. The highest BCUT2D eigenvalue weighted by Gasteiger charge is 2.11. The highest BCUT2D eigenvalue weighted by molar-refractivity contribution is 14.0. The highest BCUT2D eigenvalue weighted by Crippen LogP contribution is 2.13. The maximum atomic E-state index is 4.71. The van der Waals surface area contributed by atoms with Gasteiger partial charge in [0.25, 0.3) is 0 Å². The van der Waals surface area contributed by atoms with Gasteiger partial charge < -0.3 is 10.6 Å². The summed E-state index contributed by atoms with van der Waals surface area (Å²) in [6, 6.07) is 14.9. The van der Waals surface area contributed by atoms with Crippen LogP contribution in [-0.2, 0) is 19.5 Å². The van der Waals surface area contributed by atoms with Crippen LogP contribution in [-0.4, -0.2) is 42.0 Å². The van der Waals surface area contributed by atoms with E-state index in [0.29, 0.717) is 6.54 Å². The Kier molecular flexibility index (Phi) is 10.3. The molecule has 0 aliphatic carbocycles. The van der Waals surface area contributed by atoms with Crippen molar-refractivity contribution in [3.63, 3.8) is 0 Å². The Bertz CT molecular complexity index is 697. The lowest BCUT2D eigenvalue weighted by Crippen LogP contribution is -2.38. The van der Waals surface area contributed by atoms with Crippen molar-refractivity contribution in [3.05, 3.63) is 65.5 Å². The second kappa shape index (κ2) is 12.7. The lowest BCUT2D eigenvalue weighted by molar-refractivity contribution is 0.331. The number of halogens is 1. The van der Waals surface area contributed by atoms with Crippen molar-refractivity contribution in [2.45, 2.75) is 39.3 Å². The van der Waals surface area contributed by atoms with Crippen LogP contribution in [0, 0.1) is 0 Å². The van der Waals surface area contributed by atoms with Gasteiger partial charge in [-0.15, -0.1) is 24.0 Å². The van der Waals surface area contributed by atoms with Crippen LogP contribution in [0.5, 0.6) is 0 Å². The van der Waals surface area contributed by atoms with Crippen LogP contribution >= 0.6 is 24.0 Å². The molecule has 0 saturated carbocycles. The number of likely N-dealkylation sites (tertiary alicyclic amines) is 1. The molecule has 152 valence electrons. The maximum absolute atomic E-state index is 4.71. The molecular weight excluding hydrogens is 461 g/mol. The quantitative estimate of drug-likeness (QED) is 0.335. The van der Waals surface area contributed by atoms with Gasteiger partial charge in [0.2, 0.25) is 0 Å². The van der Waals surface area contributed by atoms with Gasteiger partial charge in [0.15, 0.2) is 5.96 Å². The molecule has 0 atom stereocenters. The van der Waals surface area contributed by atoms with E-state index in [-0.39, 0.29) is 24.0 Å². The van der Waals surface area contributed by atoms with Gasteiger partial charge in [-0.1, -0.05) is 30.3 Å². The fourth-order valence-corrected chi connectivity index (χ4v) is 3.32. The van der Waals surface area contributed by atoms with E-state index in [9.17, 15) is 0 Å². The summed E-state index contributed by atoms with van der Waals surface area (Å²) in [5.74, 6) is 0.856. The Morgan fingerprint density at radius 1 is 1.04 bits per heavy atom. The fraction of sp³-hybridized carbons (Fsp3) is 0.455. The average molecular weight is 493 g/mol. The van der Waals surface area contributed by atoms with Crippen LogP contribution in [0.25, 0.3) is 0 Å². The third-order valence-corrected chi connectivity index (χ3v) is 4.79. The number of benzene rings is 1. The Hall–Kier alpha value is -1.67. The third kappa shape index (κ3) is 7.75. The lowest BCUT2D eigenvalue weighted by atomic mass is 10.1. The maximum Gasteiger partial charge on any atom is 0.191 e. The van der Waals surface area contributed by atoms with E-state index in [1.165, 1.54) is 37.1 Å². The summed E-state index contributed by atoms with van der Waals surface area (Å²) in [4.78, 5) is 11.6. The minimum Gasteiger partial charge on any atom is -0.357 e. The molecule has 0 unspecified atom stereocenters. The number of aliphatic imine (C=N–C) groups is 1. The minimum absolute atomic E-state index is 0. The van der Waals surface area contributed by atoms with Crippen LogP contribution in [0.3, 0.4) is 0 Å². The Labute approximate surface area is 186 Å². The minimum atomic E-state index is 0. The molecule has 5 nitrogen and oxygen atoms in total. The van der Waals surface area contributed by atoms with E-state index < -0.39 is 0 Å². The average Bonchev–Trinajstić information content (AvgIpc) is 3.21. The number of hydrogen-bond donors (Lipinski definition) is 2.